The van der Waals surface area contributed by atoms with Gasteiger partial charge in [-0.25, -0.2) is 4.98 Å². The van der Waals surface area contributed by atoms with Crippen LogP contribution in [-0.4, -0.2) is 27.2 Å². The van der Waals surface area contributed by atoms with E-state index in [1.165, 1.54) is 0 Å². The van der Waals surface area contributed by atoms with E-state index in [0.29, 0.717) is 6.54 Å². The average Bonchev–Trinajstić information content (AvgIpc) is 2.76. The largest absolute Gasteiger partial charge is 0.356 e. The summed E-state index contributed by atoms with van der Waals surface area (Å²) >= 11 is 3.42. The van der Waals surface area contributed by atoms with E-state index in [2.05, 4.69) is 26.2 Å². The zero-order chi connectivity index (χ0) is 15.5. The third-order valence-corrected chi connectivity index (χ3v) is 3.95. The lowest BCUT2D eigenvalue weighted by atomic mass is 9.91. The first-order valence-corrected chi connectivity index (χ1v) is 8.34. The summed E-state index contributed by atoms with van der Waals surface area (Å²) in [6.45, 7) is 7.03. The number of benzene rings is 1. The van der Waals surface area contributed by atoms with Crippen LogP contribution in [-0.2, 0) is 11.3 Å². The maximum atomic E-state index is 12.4. The summed E-state index contributed by atoms with van der Waals surface area (Å²) in [6.07, 6.45) is 1.01. The van der Waals surface area contributed by atoms with E-state index in [4.69, 9.17) is 0 Å². The molecule has 114 valence electrons. The van der Waals surface area contributed by atoms with E-state index >= 15 is 0 Å². The van der Waals surface area contributed by atoms with Gasteiger partial charge in [0.05, 0.1) is 17.6 Å². The minimum absolute atomic E-state index is 0.203. The molecule has 1 N–H and O–H groups in total. The molecule has 0 aliphatic rings. The Hall–Kier alpha value is -1.36. The van der Waals surface area contributed by atoms with Crippen molar-refractivity contribution >= 4 is 38.7 Å². The van der Waals surface area contributed by atoms with Crippen LogP contribution in [0.2, 0.25) is 0 Å². The number of rotatable bonds is 6. The van der Waals surface area contributed by atoms with Crippen molar-refractivity contribution in [3.05, 3.63) is 24.3 Å². The van der Waals surface area contributed by atoms with Crippen LogP contribution in [0.1, 0.15) is 27.2 Å². The molecule has 0 radical (unpaired) electrons. The van der Waals surface area contributed by atoms with Gasteiger partial charge in [-0.1, -0.05) is 48.8 Å². The van der Waals surface area contributed by atoms with Gasteiger partial charge in [0.1, 0.15) is 0 Å². The Labute approximate surface area is 134 Å². The molecule has 1 aromatic carbocycles. The maximum Gasteiger partial charge on any atom is 0.204 e. The molecule has 2 aromatic rings. The fourth-order valence-electron chi connectivity index (χ4n) is 2.02. The molecule has 0 spiro atoms. The Morgan fingerprint density at radius 3 is 2.71 bits per heavy atom. The zero-order valence-electron chi connectivity index (χ0n) is 12.8. The van der Waals surface area contributed by atoms with Gasteiger partial charge in [-0.2, -0.15) is 0 Å². The van der Waals surface area contributed by atoms with Crippen LogP contribution in [0.4, 0.5) is 5.95 Å². The van der Waals surface area contributed by atoms with E-state index in [0.717, 1.165) is 35.3 Å². The smallest absolute Gasteiger partial charge is 0.204 e. The van der Waals surface area contributed by atoms with Gasteiger partial charge in [0, 0.05) is 17.3 Å². The lowest BCUT2D eigenvalue weighted by Crippen LogP contribution is -2.25. The van der Waals surface area contributed by atoms with Crippen molar-refractivity contribution in [1.29, 1.82) is 0 Å². The molecule has 0 saturated carbocycles. The normalized spacial score (nSPS) is 11.8. The Balaban J connectivity index is 2.33. The number of alkyl halides is 1. The molecule has 0 aliphatic heterocycles. The third kappa shape index (κ3) is 3.84. The predicted octanol–water partition coefficient (Wildman–Crippen LogP) is 3.85. The number of anilines is 1. The van der Waals surface area contributed by atoms with E-state index in [1.807, 2.05) is 49.6 Å². The molecule has 0 aliphatic carbocycles. The van der Waals surface area contributed by atoms with Crippen molar-refractivity contribution in [1.82, 2.24) is 9.55 Å². The molecule has 0 bridgehead atoms. The predicted molar refractivity (Wildman–Crippen MR) is 91.1 cm³/mol. The van der Waals surface area contributed by atoms with E-state index in [1.54, 1.807) is 0 Å². The molecule has 0 amide bonds. The number of Topliss-reactive ketones (excluding diaryl/α,β-unsaturated/α-hetero) is 1. The molecular formula is C16H22BrN3O. The van der Waals surface area contributed by atoms with Crippen LogP contribution >= 0.6 is 15.9 Å². The van der Waals surface area contributed by atoms with Crippen LogP contribution < -0.4 is 5.32 Å². The Morgan fingerprint density at radius 1 is 1.33 bits per heavy atom. The SMILES string of the molecule is CC(C)(C)C(=O)Cn1c(NCCCBr)nc2ccccc21. The molecule has 1 aromatic heterocycles. The molecular weight excluding hydrogens is 330 g/mol. The van der Waals surface area contributed by atoms with Gasteiger partial charge in [0.15, 0.2) is 5.78 Å². The fourth-order valence-corrected chi connectivity index (χ4v) is 2.30. The zero-order valence-corrected chi connectivity index (χ0v) is 14.4. The van der Waals surface area contributed by atoms with Gasteiger partial charge in [-0.3, -0.25) is 4.79 Å². The highest BCUT2D eigenvalue weighted by Gasteiger charge is 2.23. The topological polar surface area (TPSA) is 46.9 Å². The number of carbonyl (C=O) groups is 1. The number of halogens is 1. The number of ketones is 1. The summed E-state index contributed by atoms with van der Waals surface area (Å²) in [4.78, 5) is 17.0. The molecule has 21 heavy (non-hydrogen) atoms. The first-order valence-electron chi connectivity index (χ1n) is 7.22. The van der Waals surface area contributed by atoms with Crippen LogP contribution in [0.5, 0.6) is 0 Å². The van der Waals surface area contributed by atoms with E-state index in [-0.39, 0.29) is 11.2 Å². The van der Waals surface area contributed by atoms with Gasteiger partial charge in [0.2, 0.25) is 5.95 Å². The van der Waals surface area contributed by atoms with Crippen LogP contribution in [0.15, 0.2) is 24.3 Å². The third-order valence-electron chi connectivity index (χ3n) is 3.39. The van der Waals surface area contributed by atoms with Crippen LogP contribution in [0.25, 0.3) is 11.0 Å². The van der Waals surface area contributed by atoms with Crippen molar-refractivity contribution in [3.8, 4) is 0 Å². The second-order valence-electron chi connectivity index (χ2n) is 6.15. The number of imidazole rings is 1. The van der Waals surface area contributed by atoms with E-state index in [9.17, 15) is 4.79 Å². The summed E-state index contributed by atoms with van der Waals surface area (Å²) in [5.74, 6) is 0.976. The Morgan fingerprint density at radius 2 is 2.05 bits per heavy atom. The second kappa shape index (κ2) is 6.60. The molecule has 1 heterocycles. The first kappa shape index (κ1) is 16.0. The Kier molecular flexibility index (Phi) is 5.04. The van der Waals surface area contributed by atoms with Crippen LogP contribution in [0.3, 0.4) is 0 Å². The first-order chi connectivity index (χ1) is 9.93. The summed E-state index contributed by atoms with van der Waals surface area (Å²) < 4.78 is 1.98. The maximum absolute atomic E-state index is 12.4. The minimum Gasteiger partial charge on any atom is -0.356 e. The molecule has 0 saturated heterocycles. The Bertz CT molecular complexity index is 628. The highest BCUT2D eigenvalue weighted by Crippen LogP contribution is 2.23. The highest BCUT2D eigenvalue weighted by atomic mass is 79.9. The second-order valence-corrected chi connectivity index (χ2v) is 6.95. The van der Waals surface area contributed by atoms with Crippen molar-refractivity contribution in [3.63, 3.8) is 0 Å². The number of aromatic nitrogens is 2. The van der Waals surface area contributed by atoms with Gasteiger partial charge in [-0.15, -0.1) is 0 Å². The quantitative estimate of drug-likeness (QED) is 0.635. The number of fused-ring (bicyclic) bond motifs is 1. The summed E-state index contributed by atoms with van der Waals surface area (Å²) in [7, 11) is 0. The van der Waals surface area contributed by atoms with Gasteiger partial charge in [0.25, 0.3) is 0 Å². The summed E-state index contributed by atoms with van der Waals surface area (Å²) in [5.41, 5.74) is 1.57. The van der Waals surface area contributed by atoms with Crippen molar-refractivity contribution in [2.45, 2.75) is 33.7 Å². The van der Waals surface area contributed by atoms with Crippen molar-refractivity contribution < 1.29 is 4.79 Å². The molecule has 5 heteroatoms. The molecule has 0 unspecified atom stereocenters. The number of para-hydroxylation sites is 2. The van der Waals surface area contributed by atoms with Gasteiger partial charge < -0.3 is 9.88 Å². The number of nitrogens with zero attached hydrogens (tertiary/aromatic N) is 2. The van der Waals surface area contributed by atoms with Gasteiger partial charge >= 0.3 is 0 Å². The molecule has 2 rings (SSSR count). The number of nitrogens with one attached hydrogen (secondary N) is 1. The molecule has 0 atom stereocenters. The summed E-state index contributed by atoms with van der Waals surface area (Å²) in [6, 6.07) is 7.93. The van der Waals surface area contributed by atoms with Gasteiger partial charge in [-0.05, 0) is 18.6 Å². The number of hydrogen-bond donors (Lipinski definition) is 1. The standard InChI is InChI=1S/C16H22BrN3O/c1-16(2,3)14(21)11-20-13-8-5-4-7-12(13)19-15(20)18-10-6-9-17/h4-5,7-8H,6,9-11H2,1-3H3,(H,18,19). The molecule has 0 fully saturated rings. The molecule has 4 nitrogen and oxygen atoms in total. The van der Waals surface area contributed by atoms with Crippen molar-refractivity contribution in [2.75, 3.05) is 17.2 Å². The van der Waals surface area contributed by atoms with E-state index < -0.39 is 0 Å². The van der Waals surface area contributed by atoms with Crippen molar-refractivity contribution in [2.24, 2.45) is 5.41 Å². The fraction of sp³-hybridized carbons (Fsp3) is 0.500. The highest BCUT2D eigenvalue weighted by molar-refractivity contribution is 9.09. The summed E-state index contributed by atoms with van der Waals surface area (Å²) in [5, 5.41) is 4.28. The number of carbonyl (C=O) groups excluding carboxylic acids is 1. The average molecular weight is 352 g/mol. The number of hydrogen-bond acceptors (Lipinski definition) is 3. The monoisotopic (exact) mass is 351 g/mol. The lowest BCUT2D eigenvalue weighted by Gasteiger charge is -2.18. The lowest BCUT2D eigenvalue weighted by molar-refractivity contribution is -0.126. The van der Waals surface area contributed by atoms with Crippen LogP contribution in [0, 0.1) is 5.41 Å². The minimum atomic E-state index is -0.349.